The van der Waals surface area contributed by atoms with Crippen LogP contribution in [0.5, 0.6) is 0 Å². The summed E-state index contributed by atoms with van der Waals surface area (Å²) in [5.41, 5.74) is 4.56. The van der Waals surface area contributed by atoms with Crippen molar-refractivity contribution in [2.45, 2.75) is 25.9 Å². The zero-order valence-corrected chi connectivity index (χ0v) is 19.4. The van der Waals surface area contributed by atoms with Crippen molar-refractivity contribution >= 4 is 11.8 Å². The Balaban J connectivity index is 1.61. The van der Waals surface area contributed by atoms with Crippen LogP contribution in [0.15, 0.2) is 109 Å². The number of amides is 2. The zero-order chi connectivity index (χ0) is 23.9. The molecule has 0 bridgehead atoms. The molecule has 0 aliphatic heterocycles. The molecule has 0 radical (unpaired) electrons. The monoisotopic (exact) mass is 448 g/mol. The first-order valence-electron chi connectivity index (χ1n) is 11.4. The van der Waals surface area contributed by atoms with Gasteiger partial charge in [-0.2, -0.15) is 0 Å². The minimum atomic E-state index is -0.181. The van der Waals surface area contributed by atoms with Crippen LogP contribution in [-0.2, 0) is 0 Å². The lowest BCUT2D eigenvalue weighted by atomic mass is 9.94. The molecule has 4 rings (SSSR count). The number of carbonyl (C=O) groups is 2. The largest absolute Gasteiger partial charge is 0.345 e. The smallest absolute Gasteiger partial charge is 0.252 e. The van der Waals surface area contributed by atoms with Gasteiger partial charge >= 0.3 is 0 Å². The van der Waals surface area contributed by atoms with Gasteiger partial charge in [0.2, 0.25) is 0 Å². The van der Waals surface area contributed by atoms with E-state index in [1.165, 1.54) is 0 Å². The van der Waals surface area contributed by atoms with Gasteiger partial charge in [0.1, 0.15) is 0 Å². The standard InChI is InChI=1S/C30H28N2O2/c1-21(23-13-5-3-6-14-23)31-29(33)27-19-11-9-17-25(27)26-18-10-12-20-28(26)30(34)32-22(2)24-15-7-4-8-16-24/h3-22H,1-2H3,(H,31,33)(H,32,34)/t21-,22-/m1/s1. The molecular weight excluding hydrogens is 420 g/mol. The van der Waals surface area contributed by atoms with Gasteiger partial charge in [-0.05, 0) is 48.2 Å². The Morgan fingerprint density at radius 1 is 0.500 bits per heavy atom. The third-order valence-electron chi connectivity index (χ3n) is 5.93. The second kappa shape index (κ2) is 10.6. The summed E-state index contributed by atoms with van der Waals surface area (Å²) < 4.78 is 0. The molecule has 0 unspecified atom stereocenters. The average Bonchev–Trinajstić information content (AvgIpc) is 2.89. The van der Waals surface area contributed by atoms with Crippen LogP contribution in [0.25, 0.3) is 11.1 Å². The number of carbonyl (C=O) groups excluding carboxylic acids is 2. The minimum absolute atomic E-state index is 0.146. The van der Waals surface area contributed by atoms with Crippen LogP contribution in [0.3, 0.4) is 0 Å². The third kappa shape index (κ3) is 5.24. The van der Waals surface area contributed by atoms with Crippen LogP contribution in [0.2, 0.25) is 0 Å². The van der Waals surface area contributed by atoms with Gasteiger partial charge in [0, 0.05) is 11.1 Å². The fourth-order valence-corrected chi connectivity index (χ4v) is 4.03. The molecule has 2 N–H and O–H groups in total. The van der Waals surface area contributed by atoms with Crippen LogP contribution >= 0.6 is 0 Å². The summed E-state index contributed by atoms with van der Waals surface area (Å²) in [5.74, 6) is -0.361. The summed E-state index contributed by atoms with van der Waals surface area (Å²) in [6, 6.07) is 34.2. The van der Waals surface area contributed by atoms with E-state index < -0.39 is 0 Å². The molecule has 0 heterocycles. The van der Waals surface area contributed by atoms with E-state index in [1.54, 1.807) is 12.1 Å². The molecular formula is C30H28N2O2. The topological polar surface area (TPSA) is 58.2 Å². The van der Waals surface area contributed by atoms with Gasteiger partial charge in [-0.15, -0.1) is 0 Å². The third-order valence-corrected chi connectivity index (χ3v) is 5.93. The molecule has 0 aromatic heterocycles. The first kappa shape index (κ1) is 23.0. The molecule has 170 valence electrons. The molecule has 2 amide bonds. The summed E-state index contributed by atoms with van der Waals surface area (Å²) in [4.78, 5) is 26.5. The number of hydrogen-bond donors (Lipinski definition) is 2. The predicted octanol–water partition coefficient (Wildman–Crippen LogP) is 6.34. The van der Waals surface area contributed by atoms with Crippen LogP contribution in [0.1, 0.15) is 57.8 Å². The van der Waals surface area contributed by atoms with Crippen molar-refractivity contribution in [2.75, 3.05) is 0 Å². The molecule has 34 heavy (non-hydrogen) atoms. The van der Waals surface area contributed by atoms with Gasteiger partial charge < -0.3 is 10.6 Å². The summed E-state index contributed by atoms with van der Waals surface area (Å²) in [5, 5.41) is 6.17. The molecule has 4 nitrogen and oxygen atoms in total. The van der Waals surface area contributed by atoms with Crippen LogP contribution in [0.4, 0.5) is 0 Å². The molecule has 4 heteroatoms. The van der Waals surface area contributed by atoms with Crippen molar-refractivity contribution in [3.8, 4) is 11.1 Å². The first-order valence-corrected chi connectivity index (χ1v) is 11.4. The highest BCUT2D eigenvalue weighted by atomic mass is 16.2. The van der Waals surface area contributed by atoms with E-state index in [9.17, 15) is 9.59 Å². The lowest BCUT2D eigenvalue weighted by Gasteiger charge is -2.19. The number of rotatable bonds is 7. The van der Waals surface area contributed by atoms with E-state index in [2.05, 4.69) is 10.6 Å². The quantitative estimate of drug-likeness (QED) is 0.347. The SMILES string of the molecule is C[C@@H](NC(=O)c1ccccc1-c1ccccc1C(=O)N[C@H](C)c1ccccc1)c1ccccc1. The second-order valence-corrected chi connectivity index (χ2v) is 8.30. The summed E-state index contributed by atoms with van der Waals surface area (Å²) >= 11 is 0. The Labute approximate surface area is 200 Å². The van der Waals surface area contributed by atoms with Gasteiger partial charge in [-0.25, -0.2) is 0 Å². The molecule has 0 fully saturated rings. The van der Waals surface area contributed by atoms with Gasteiger partial charge in [0.05, 0.1) is 12.1 Å². The van der Waals surface area contributed by atoms with Crippen LogP contribution in [-0.4, -0.2) is 11.8 Å². The fraction of sp³-hybridized carbons (Fsp3) is 0.133. The summed E-state index contributed by atoms with van der Waals surface area (Å²) in [7, 11) is 0. The molecule has 2 atom stereocenters. The van der Waals surface area contributed by atoms with Gasteiger partial charge in [0.25, 0.3) is 11.8 Å². The molecule has 0 aliphatic carbocycles. The second-order valence-electron chi connectivity index (χ2n) is 8.30. The molecule has 0 spiro atoms. The summed E-state index contributed by atoms with van der Waals surface area (Å²) in [6.07, 6.45) is 0. The maximum Gasteiger partial charge on any atom is 0.252 e. The maximum atomic E-state index is 13.3. The zero-order valence-electron chi connectivity index (χ0n) is 19.4. The van der Waals surface area contributed by atoms with E-state index in [4.69, 9.17) is 0 Å². The highest BCUT2D eigenvalue weighted by molar-refractivity contribution is 6.06. The first-order chi connectivity index (χ1) is 16.5. The maximum absolute atomic E-state index is 13.3. The van der Waals surface area contributed by atoms with E-state index in [0.29, 0.717) is 11.1 Å². The Kier molecular flexibility index (Phi) is 7.19. The average molecular weight is 449 g/mol. The highest BCUT2D eigenvalue weighted by Gasteiger charge is 2.20. The summed E-state index contributed by atoms with van der Waals surface area (Å²) in [6.45, 7) is 3.92. The molecule has 4 aromatic carbocycles. The number of benzene rings is 4. The van der Waals surface area contributed by atoms with Crippen molar-refractivity contribution < 1.29 is 9.59 Å². The molecule has 0 aliphatic rings. The minimum Gasteiger partial charge on any atom is -0.345 e. The van der Waals surface area contributed by atoms with Gasteiger partial charge in [0.15, 0.2) is 0 Å². The molecule has 4 aromatic rings. The van der Waals surface area contributed by atoms with Crippen molar-refractivity contribution in [1.29, 1.82) is 0 Å². The molecule has 0 saturated carbocycles. The fourth-order valence-electron chi connectivity index (χ4n) is 4.03. The Morgan fingerprint density at radius 3 is 1.21 bits per heavy atom. The molecule has 0 saturated heterocycles. The van der Waals surface area contributed by atoms with E-state index in [-0.39, 0.29) is 23.9 Å². The van der Waals surface area contributed by atoms with Crippen LogP contribution in [0, 0.1) is 0 Å². The predicted molar refractivity (Wildman–Crippen MR) is 137 cm³/mol. The van der Waals surface area contributed by atoms with Crippen molar-refractivity contribution in [3.05, 3.63) is 131 Å². The Hall–Kier alpha value is -4.18. The van der Waals surface area contributed by atoms with Crippen LogP contribution < -0.4 is 10.6 Å². The van der Waals surface area contributed by atoms with Crippen molar-refractivity contribution in [2.24, 2.45) is 0 Å². The number of nitrogens with one attached hydrogen (secondary N) is 2. The van der Waals surface area contributed by atoms with Gasteiger partial charge in [-0.1, -0.05) is 97.1 Å². The number of hydrogen-bond acceptors (Lipinski definition) is 2. The van der Waals surface area contributed by atoms with Crippen molar-refractivity contribution in [3.63, 3.8) is 0 Å². The lowest BCUT2D eigenvalue weighted by molar-refractivity contribution is 0.0930. The van der Waals surface area contributed by atoms with E-state index in [1.807, 2.05) is 111 Å². The Morgan fingerprint density at radius 2 is 0.824 bits per heavy atom. The lowest BCUT2D eigenvalue weighted by Crippen LogP contribution is -2.28. The van der Waals surface area contributed by atoms with E-state index >= 15 is 0 Å². The van der Waals surface area contributed by atoms with Gasteiger partial charge in [-0.3, -0.25) is 9.59 Å². The Bertz CT molecular complexity index is 1170. The highest BCUT2D eigenvalue weighted by Crippen LogP contribution is 2.28. The van der Waals surface area contributed by atoms with E-state index in [0.717, 1.165) is 22.3 Å². The normalized spacial score (nSPS) is 12.4. The van der Waals surface area contributed by atoms with Crippen molar-refractivity contribution in [1.82, 2.24) is 10.6 Å².